The molecule has 1 N–H and O–H groups in total. The van der Waals surface area contributed by atoms with Gasteiger partial charge in [0.25, 0.3) is 0 Å². The lowest BCUT2D eigenvalue weighted by Gasteiger charge is -2.22. The molecule has 2 rings (SSSR count). The number of Topliss-reactive ketones (excluding diaryl/α,β-unsaturated/α-hetero) is 1. The van der Waals surface area contributed by atoms with E-state index in [1.54, 1.807) is 0 Å². The van der Waals surface area contributed by atoms with Crippen molar-refractivity contribution < 1.29 is 4.79 Å². The highest BCUT2D eigenvalue weighted by molar-refractivity contribution is 6.30. The van der Waals surface area contributed by atoms with Crippen molar-refractivity contribution in [1.82, 2.24) is 5.32 Å². The minimum atomic E-state index is 0.324. The Kier molecular flexibility index (Phi) is 5.21. The fourth-order valence-corrected chi connectivity index (χ4v) is 2.55. The second-order valence-electron chi connectivity index (χ2n) is 5.03. The summed E-state index contributed by atoms with van der Waals surface area (Å²) in [5.41, 5.74) is 1.06. The topological polar surface area (TPSA) is 29.1 Å². The van der Waals surface area contributed by atoms with Crippen LogP contribution in [0, 0.1) is 0 Å². The first kappa shape index (κ1) is 13.6. The van der Waals surface area contributed by atoms with Gasteiger partial charge in [0.2, 0.25) is 0 Å². The van der Waals surface area contributed by atoms with Gasteiger partial charge >= 0.3 is 0 Å². The van der Waals surface area contributed by atoms with E-state index >= 15 is 0 Å². The molecular formula is C15H20ClNO. The number of carbonyl (C=O) groups is 1. The summed E-state index contributed by atoms with van der Waals surface area (Å²) in [6, 6.07) is 8.09. The maximum absolute atomic E-state index is 11.9. The molecule has 1 fully saturated rings. The number of benzene rings is 1. The number of hydrogen-bond donors (Lipinski definition) is 1. The fraction of sp³-hybridized carbons (Fsp3) is 0.533. The molecule has 0 amide bonds. The summed E-state index contributed by atoms with van der Waals surface area (Å²) in [5.74, 6) is 0.324. The second kappa shape index (κ2) is 6.91. The molecule has 1 aromatic rings. The van der Waals surface area contributed by atoms with Crippen molar-refractivity contribution in [2.24, 2.45) is 0 Å². The lowest BCUT2D eigenvalue weighted by molar-refractivity contribution is -0.118. The molecule has 3 heteroatoms. The van der Waals surface area contributed by atoms with Crippen LogP contribution < -0.4 is 5.32 Å². The van der Waals surface area contributed by atoms with Crippen LogP contribution in [0.25, 0.3) is 0 Å². The number of piperidine rings is 1. The van der Waals surface area contributed by atoms with Crippen molar-refractivity contribution in [2.45, 2.75) is 44.6 Å². The Morgan fingerprint density at radius 1 is 1.28 bits per heavy atom. The predicted octanol–water partition coefficient (Wildman–Crippen LogP) is 3.37. The standard InChI is InChI=1S/C15H20ClNO/c16-13-6-4-12(5-7-13)11-15(18)9-8-14-3-1-2-10-17-14/h4-7,14,17H,1-3,8-11H2. The number of hydrogen-bond acceptors (Lipinski definition) is 2. The maximum atomic E-state index is 11.9. The van der Waals surface area contributed by atoms with Crippen molar-refractivity contribution >= 4 is 17.4 Å². The second-order valence-corrected chi connectivity index (χ2v) is 5.46. The number of halogens is 1. The maximum Gasteiger partial charge on any atom is 0.137 e. The Morgan fingerprint density at radius 3 is 2.72 bits per heavy atom. The Labute approximate surface area is 114 Å². The van der Waals surface area contributed by atoms with Gasteiger partial charge in [0.05, 0.1) is 0 Å². The van der Waals surface area contributed by atoms with Crippen LogP contribution in [0.1, 0.15) is 37.7 Å². The average molecular weight is 266 g/mol. The van der Waals surface area contributed by atoms with Gasteiger partial charge in [-0.3, -0.25) is 4.79 Å². The zero-order chi connectivity index (χ0) is 12.8. The van der Waals surface area contributed by atoms with E-state index in [-0.39, 0.29) is 0 Å². The Balaban J connectivity index is 1.73. The van der Waals surface area contributed by atoms with Gasteiger partial charge in [-0.2, -0.15) is 0 Å². The first-order chi connectivity index (χ1) is 8.74. The number of nitrogens with one attached hydrogen (secondary N) is 1. The summed E-state index contributed by atoms with van der Waals surface area (Å²) < 4.78 is 0. The van der Waals surface area contributed by atoms with E-state index in [1.165, 1.54) is 19.3 Å². The molecule has 1 aliphatic rings. The summed E-state index contributed by atoms with van der Waals surface area (Å²) in [5, 5.41) is 4.20. The van der Waals surface area contributed by atoms with Gasteiger partial charge in [-0.05, 0) is 43.5 Å². The number of carbonyl (C=O) groups excluding carboxylic acids is 1. The van der Waals surface area contributed by atoms with Crippen LogP contribution in [0.5, 0.6) is 0 Å². The third-order valence-corrected chi connectivity index (χ3v) is 3.75. The molecule has 1 saturated heterocycles. The van der Waals surface area contributed by atoms with Gasteiger partial charge in [-0.25, -0.2) is 0 Å². The summed E-state index contributed by atoms with van der Waals surface area (Å²) in [7, 11) is 0. The lowest BCUT2D eigenvalue weighted by Crippen LogP contribution is -2.34. The molecule has 0 bridgehead atoms. The minimum Gasteiger partial charge on any atom is -0.314 e. The Hall–Kier alpha value is -0.860. The Morgan fingerprint density at radius 2 is 2.06 bits per heavy atom. The minimum absolute atomic E-state index is 0.324. The van der Waals surface area contributed by atoms with E-state index in [2.05, 4.69) is 5.32 Å². The van der Waals surface area contributed by atoms with E-state index in [4.69, 9.17) is 11.6 Å². The average Bonchev–Trinajstić information content (AvgIpc) is 2.40. The molecule has 1 aromatic carbocycles. The summed E-state index contributed by atoms with van der Waals surface area (Å²) >= 11 is 5.82. The quantitative estimate of drug-likeness (QED) is 0.884. The highest BCUT2D eigenvalue weighted by Gasteiger charge is 2.14. The third kappa shape index (κ3) is 4.43. The fourth-order valence-electron chi connectivity index (χ4n) is 2.42. The molecule has 0 saturated carbocycles. The molecule has 1 aliphatic heterocycles. The smallest absolute Gasteiger partial charge is 0.137 e. The molecule has 18 heavy (non-hydrogen) atoms. The zero-order valence-electron chi connectivity index (χ0n) is 10.6. The molecule has 0 aliphatic carbocycles. The molecule has 1 heterocycles. The molecule has 1 atom stereocenters. The van der Waals surface area contributed by atoms with Crippen molar-refractivity contribution in [3.8, 4) is 0 Å². The van der Waals surface area contributed by atoms with Gasteiger partial charge in [0.15, 0.2) is 0 Å². The van der Waals surface area contributed by atoms with Crippen LogP contribution in [0.15, 0.2) is 24.3 Å². The normalized spacial score (nSPS) is 19.7. The highest BCUT2D eigenvalue weighted by atomic mass is 35.5. The van der Waals surface area contributed by atoms with Crippen LogP contribution in [0.2, 0.25) is 5.02 Å². The lowest BCUT2D eigenvalue weighted by atomic mass is 9.97. The molecule has 0 spiro atoms. The molecular weight excluding hydrogens is 246 g/mol. The summed E-state index contributed by atoms with van der Waals surface area (Å²) in [6.45, 7) is 1.11. The van der Waals surface area contributed by atoms with E-state index < -0.39 is 0 Å². The summed E-state index contributed by atoms with van der Waals surface area (Å²) in [6.07, 6.45) is 5.98. The van der Waals surface area contributed by atoms with Gasteiger partial charge in [0.1, 0.15) is 5.78 Å². The molecule has 98 valence electrons. The highest BCUT2D eigenvalue weighted by Crippen LogP contribution is 2.14. The molecule has 1 unspecified atom stereocenters. The Bertz CT molecular complexity index is 382. The van der Waals surface area contributed by atoms with Gasteiger partial charge in [-0.15, -0.1) is 0 Å². The van der Waals surface area contributed by atoms with Crippen LogP contribution in [0.4, 0.5) is 0 Å². The molecule has 0 radical (unpaired) electrons. The predicted molar refractivity (Wildman–Crippen MR) is 75.0 cm³/mol. The molecule has 2 nitrogen and oxygen atoms in total. The number of rotatable bonds is 5. The summed E-state index contributed by atoms with van der Waals surface area (Å²) in [4.78, 5) is 11.9. The van der Waals surface area contributed by atoms with Gasteiger partial charge in [-0.1, -0.05) is 30.2 Å². The van der Waals surface area contributed by atoms with Crippen LogP contribution >= 0.6 is 11.6 Å². The third-order valence-electron chi connectivity index (χ3n) is 3.50. The van der Waals surface area contributed by atoms with Crippen LogP contribution in [0.3, 0.4) is 0 Å². The van der Waals surface area contributed by atoms with Crippen molar-refractivity contribution in [3.05, 3.63) is 34.9 Å². The number of ketones is 1. The molecule has 0 aromatic heterocycles. The van der Waals surface area contributed by atoms with Crippen LogP contribution in [-0.2, 0) is 11.2 Å². The van der Waals surface area contributed by atoms with Gasteiger partial charge in [0, 0.05) is 23.9 Å². The van der Waals surface area contributed by atoms with E-state index in [0.717, 1.165) is 23.6 Å². The van der Waals surface area contributed by atoms with E-state index in [1.807, 2.05) is 24.3 Å². The van der Waals surface area contributed by atoms with Gasteiger partial charge < -0.3 is 5.32 Å². The first-order valence-electron chi connectivity index (χ1n) is 6.73. The van der Waals surface area contributed by atoms with Crippen molar-refractivity contribution in [3.63, 3.8) is 0 Å². The van der Waals surface area contributed by atoms with Crippen molar-refractivity contribution in [2.75, 3.05) is 6.54 Å². The monoisotopic (exact) mass is 265 g/mol. The van der Waals surface area contributed by atoms with Crippen molar-refractivity contribution in [1.29, 1.82) is 0 Å². The van der Waals surface area contributed by atoms with E-state index in [0.29, 0.717) is 24.7 Å². The van der Waals surface area contributed by atoms with E-state index in [9.17, 15) is 4.79 Å². The zero-order valence-corrected chi connectivity index (χ0v) is 11.4. The SMILES string of the molecule is O=C(CCC1CCCCN1)Cc1ccc(Cl)cc1. The van der Waals surface area contributed by atoms with Crippen LogP contribution in [-0.4, -0.2) is 18.4 Å². The first-order valence-corrected chi connectivity index (χ1v) is 7.11. The largest absolute Gasteiger partial charge is 0.314 e.